The fourth-order valence-corrected chi connectivity index (χ4v) is 4.33. The second kappa shape index (κ2) is 8.65. The summed E-state index contributed by atoms with van der Waals surface area (Å²) >= 11 is 1.40. The predicted octanol–water partition coefficient (Wildman–Crippen LogP) is 5.50. The predicted molar refractivity (Wildman–Crippen MR) is 113 cm³/mol. The van der Waals surface area contributed by atoms with Crippen LogP contribution in [0.4, 0.5) is 0 Å². The van der Waals surface area contributed by atoms with Crippen molar-refractivity contribution < 1.29 is 9.21 Å². The number of piperidine rings is 1. The monoisotopic (exact) mass is 392 g/mol. The first-order chi connectivity index (χ1) is 13.7. The smallest absolute Gasteiger partial charge is 0.257 e. The van der Waals surface area contributed by atoms with E-state index >= 15 is 0 Å². The summed E-state index contributed by atoms with van der Waals surface area (Å²) in [5.74, 6) is 0.914. The summed E-state index contributed by atoms with van der Waals surface area (Å²) in [7, 11) is 0. The minimum Gasteiger partial charge on any atom is -0.431 e. The molecule has 0 unspecified atom stereocenters. The fraction of sp³-hybridized carbons (Fsp3) is 0.304. The summed E-state index contributed by atoms with van der Waals surface area (Å²) in [6.07, 6.45) is 3.41. The van der Waals surface area contributed by atoms with E-state index in [1.54, 1.807) is 0 Å². The van der Waals surface area contributed by atoms with Gasteiger partial charge in [-0.1, -0.05) is 72.4 Å². The molecule has 0 radical (unpaired) electrons. The first kappa shape index (κ1) is 18.8. The van der Waals surface area contributed by atoms with Gasteiger partial charge in [0.25, 0.3) is 5.22 Å². The maximum Gasteiger partial charge on any atom is 0.257 e. The normalized spacial score (nSPS) is 15.4. The molecular weight excluding hydrogens is 368 g/mol. The van der Waals surface area contributed by atoms with Crippen LogP contribution in [0.15, 0.2) is 70.3 Å². The number of oxazole rings is 1. The largest absolute Gasteiger partial charge is 0.431 e. The number of hydrogen-bond acceptors (Lipinski definition) is 4. The minimum absolute atomic E-state index is 0.172. The highest BCUT2D eigenvalue weighted by atomic mass is 32.2. The zero-order valence-corrected chi connectivity index (χ0v) is 16.8. The van der Waals surface area contributed by atoms with Crippen LogP contribution in [0.3, 0.4) is 0 Å². The van der Waals surface area contributed by atoms with Gasteiger partial charge in [-0.15, -0.1) is 0 Å². The highest BCUT2D eigenvalue weighted by Crippen LogP contribution is 2.37. The van der Waals surface area contributed by atoms with Gasteiger partial charge in [-0.05, 0) is 26.2 Å². The number of amides is 1. The number of rotatable bonds is 5. The van der Waals surface area contributed by atoms with Crippen molar-refractivity contribution in [1.29, 1.82) is 0 Å². The molecule has 2 heterocycles. The molecule has 5 heteroatoms. The van der Waals surface area contributed by atoms with Crippen LogP contribution in [0, 0.1) is 0 Å². The Hall–Kier alpha value is -2.53. The number of nitrogens with zero attached hydrogens (tertiary/aromatic N) is 2. The van der Waals surface area contributed by atoms with Crippen LogP contribution in [0.1, 0.15) is 26.2 Å². The number of carbonyl (C=O) groups is 1. The van der Waals surface area contributed by atoms with Crippen LogP contribution < -0.4 is 0 Å². The fourth-order valence-electron chi connectivity index (χ4n) is 3.50. The van der Waals surface area contributed by atoms with E-state index in [0.29, 0.717) is 5.22 Å². The van der Waals surface area contributed by atoms with Crippen LogP contribution in [0.25, 0.3) is 22.6 Å². The van der Waals surface area contributed by atoms with Gasteiger partial charge >= 0.3 is 0 Å². The van der Waals surface area contributed by atoms with Crippen molar-refractivity contribution in [2.24, 2.45) is 0 Å². The van der Waals surface area contributed by atoms with E-state index in [-0.39, 0.29) is 11.2 Å². The van der Waals surface area contributed by atoms with Gasteiger partial charge in [0.05, 0.1) is 5.25 Å². The molecule has 0 saturated carbocycles. The number of likely N-dealkylation sites (tertiary alicyclic amines) is 1. The number of carbonyl (C=O) groups excluding carboxylic acids is 1. The van der Waals surface area contributed by atoms with Crippen molar-refractivity contribution in [1.82, 2.24) is 9.88 Å². The van der Waals surface area contributed by atoms with Gasteiger partial charge < -0.3 is 9.32 Å². The van der Waals surface area contributed by atoms with Crippen molar-refractivity contribution in [2.75, 3.05) is 13.1 Å². The number of aromatic nitrogens is 1. The van der Waals surface area contributed by atoms with Crippen molar-refractivity contribution in [3.63, 3.8) is 0 Å². The molecule has 0 aliphatic carbocycles. The number of hydrogen-bond donors (Lipinski definition) is 0. The first-order valence-corrected chi connectivity index (χ1v) is 10.7. The third-order valence-corrected chi connectivity index (χ3v) is 5.92. The van der Waals surface area contributed by atoms with Crippen molar-refractivity contribution in [3.8, 4) is 22.6 Å². The van der Waals surface area contributed by atoms with Gasteiger partial charge in [0, 0.05) is 24.2 Å². The molecule has 0 N–H and O–H groups in total. The Bertz CT molecular complexity index is 861. The Morgan fingerprint density at radius 2 is 1.57 bits per heavy atom. The minimum atomic E-state index is -0.219. The Morgan fingerprint density at radius 3 is 2.21 bits per heavy atom. The average molecular weight is 393 g/mol. The molecule has 3 aromatic rings. The van der Waals surface area contributed by atoms with Crippen molar-refractivity contribution in [3.05, 3.63) is 60.7 Å². The second-order valence-electron chi connectivity index (χ2n) is 7.04. The molecule has 2 aromatic carbocycles. The van der Waals surface area contributed by atoms with Gasteiger partial charge in [0.2, 0.25) is 5.91 Å². The molecule has 4 rings (SSSR count). The van der Waals surface area contributed by atoms with Gasteiger partial charge in [-0.2, -0.15) is 0 Å². The highest BCUT2D eigenvalue weighted by Gasteiger charge is 2.26. The Labute approximate surface area is 170 Å². The van der Waals surface area contributed by atoms with Gasteiger partial charge in [-0.25, -0.2) is 4.98 Å². The molecule has 1 aliphatic heterocycles. The topological polar surface area (TPSA) is 46.3 Å². The molecule has 1 atom stereocenters. The molecule has 1 amide bonds. The summed E-state index contributed by atoms with van der Waals surface area (Å²) in [4.78, 5) is 19.5. The third kappa shape index (κ3) is 4.14. The lowest BCUT2D eigenvalue weighted by molar-refractivity contribution is -0.131. The maximum atomic E-state index is 12.8. The van der Waals surface area contributed by atoms with Crippen molar-refractivity contribution in [2.45, 2.75) is 36.7 Å². The maximum absolute atomic E-state index is 12.8. The molecule has 4 nitrogen and oxygen atoms in total. The van der Waals surface area contributed by atoms with E-state index in [1.165, 1.54) is 18.2 Å². The zero-order valence-electron chi connectivity index (χ0n) is 16.0. The van der Waals surface area contributed by atoms with Gasteiger partial charge in [0.1, 0.15) is 5.69 Å². The average Bonchev–Trinajstić information content (AvgIpc) is 3.19. The van der Waals surface area contributed by atoms with Crippen LogP contribution in [-0.2, 0) is 4.79 Å². The Kier molecular flexibility index (Phi) is 5.81. The van der Waals surface area contributed by atoms with E-state index in [9.17, 15) is 4.79 Å². The van der Waals surface area contributed by atoms with Crippen LogP contribution in [0.2, 0.25) is 0 Å². The van der Waals surface area contributed by atoms with E-state index in [4.69, 9.17) is 9.40 Å². The van der Waals surface area contributed by atoms with E-state index in [1.807, 2.05) is 72.5 Å². The Morgan fingerprint density at radius 1 is 0.964 bits per heavy atom. The molecule has 144 valence electrons. The van der Waals surface area contributed by atoms with Crippen LogP contribution in [0.5, 0.6) is 0 Å². The molecular formula is C23H24N2O2S. The van der Waals surface area contributed by atoms with E-state index in [0.717, 1.165) is 48.5 Å². The van der Waals surface area contributed by atoms with Crippen LogP contribution >= 0.6 is 11.8 Å². The van der Waals surface area contributed by atoms with Crippen LogP contribution in [-0.4, -0.2) is 34.1 Å². The van der Waals surface area contributed by atoms with Gasteiger partial charge in [0.15, 0.2) is 5.76 Å². The second-order valence-corrected chi connectivity index (χ2v) is 8.33. The third-order valence-electron chi connectivity index (χ3n) is 4.98. The molecule has 1 fully saturated rings. The zero-order chi connectivity index (χ0) is 19.3. The molecule has 1 saturated heterocycles. The lowest BCUT2D eigenvalue weighted by atomic mass is 10.1. The molecule has 1 aliphatic rings. The SMILES string of the molecule is C[C@H](Sc1nc(-c2ccccc2)c(-c2ccccc2)o1)C(=O)N1CCCCC1. The first-order valence-electron chi connectivity index (χ1n) is 9.79. The lowest BCUT2D eigenvalue weighted by Gasteiger charge is -2.28. The summed E-state index contributed by atoms with van der Waals surface area (Å²) in [5.41, 5.74) is 2.80. The molecule has 28 heavy (non-hydrogen) atoms. The van der Waals surface area contributed by atoms with E-state index in [2.05, 4.69) is 0 Å². The number of benzene rings is 2. The van der Waals surface area contributed by atoms with Gasteiger partial charge in [-0.3, -0.25) is 4.79 Å². The quantitative estimate of drug-likeness (QED) is 0.538. The summed E-state index contributed by atoms with van der Waals surface area (Å²) in [6.45, 7) is 3.66. The summed E-state index contributed by atoms with van der Waals surface area (Å²) in [6, 6.07) is 20.0. The van der Waals surface area contributed by atoms with Crippen molar-refractivity contribution >= 4 is 17.7 Å². The summed E-state index contributed by atoms with van der Waals surface area (Å²) < 4.78 is 6.14. The Balaban J connectivity index is 1.61. The van der Waals surface area contributed by atoms with E-state index < -0.39 is 0 Å². The standard InChI is InChI=1S/C23H24N2O2S/c1-17(22(26)25-15-9-4-10-16-25)28-23-24-20(18-11-5-2-6-12-18)21(27-23)19-13-7-3-8-14-19/h2-3,5-8,11-14,17H,4,9-10,15-16H2,1H3/t17-/m0/s1. The molecule has 0 bridgehead atoms. The number of thioether (sulfide) groups is 1. The molecule has 0 spiro atoms. The summed E-state index contributed by atoms with van der Waals surface area (Å²) in [5, 5.41) is 0.319. The lowest BCUT2D eigenvalue weighted by Crippen LogP contribution is -2.40. The highest BCUT2D eigenvalue weighted by molar-refractivity contribution is 8.00. The molecule has 1 aromatic heterocycles.